The van der Waals surface area contributed by atoms with Gasteiger partial charge in [-0.25, -0.2) is 4.68 Å². The normalized spacial score (nSPS) is 11.3. The van der Waals surface area contributed by atoms with Crippen LogP contribution in [0.4, 0.5) is 0 Å². The van der Waals surface area contributed by atoms with E-state index < -0.39 is 0 Å². The molecule has 0 amide bonds. The van der Waals surface area contributed by atoms with Gasteiger partial charge in [-0.3, -0.25) is 0 Å². The summed E-state index contributed by atoms with van der Waals surface area (Å²) in [5.41, 5.74) is 1.96. The van der Waals surface area contributed by atoms with Gasteiger partial charge in [-0.05, 0) is 18.6 Å². The molecule has 128 valence electrons. The van der Waals surface area contributed by atoms with E-state index in [1.54, 1.807) is 0 Å². The lowest BCUT2D eigenvalue weighted by atomic mass is 10.1. The van der Waals surface area contributed by atoms with Crippen molar-refractivity contribution < 1.29 is 4.74 Å². The first-order valence-corrected chi connectivity index (χ1v) is 9.28. The molecule has 1 heterocycles. The van der Waals surface area contributed by atoms with Gasteiger partial charge in [0.15, 0.2) is 0 Å². The van der Waals surface area contributed by atoms with Crippen molar-refractivity contribution in [3.8, 4) is 0 Å². The monoisotopic (exact) mass is 317 g/mol. The van der Waals surface area contributed by atoms with Crippen molar-refractivity contribution in [2.75, 3.05) is 6.61 Å². The summed E-state index contributed by atoms with van der Waals surface area (Å²) in [6, 6.07) is 7.98. The SMILES string of the molecule is CCCCCCCCCCCCOCn1nnc2ccccc21. The fraction of sp³-hybridized carbons (Fsp3) is 0.684. The maximum Gasteiger partial charge on any atom is 0.141 e. The van der Waals surface area contributed by atoms with E-state index in [9.17, 15) is 0 Å². The molecule has 2 rings (SSSR count). The van der Waals surface area contributed by atoms with Gasteiger partial charge in [0.1, 0.15) is 12.2 Å². The van der Waals surface area contributed by atoms with Gasteiger partial charge in [0.2, 0.25) is 0 Å². The summed E-state index contributed by atoms with van der Waals surface area (Å²) < 4.78 is 7.54. The molecule has 0 saturated carbocycles. The lowest BCUT2D eigenvalue weighted by molar-refractivity contribution is 0.0675. The van der Waals surface area contributed by atoms with Crippen LogP contribution in [-0.4, -0.2) is 21.6 Å². The van der Waals surface area contributed by atoms with E-state index >= 15 is 0 Å². The average molecular weight is 317 g/mol. The van der Waals surface area contributed by atoms with E-state index in [1.807, 2.05) is 28.9 Å². The van der Waals surface area contributed by atoms with Crippen LogP contribution in [0.1, 0.15) is 71.1 Å². The largest absolute Gasteiger partial charge is 0.359 e. The zero-order valence-electron chi connectivity index (χ0n) is 14.5. The molecule has 23 heavy (non-hydrogen) atoms. The molecule has 4 nitrogen and oxygen atoms in total. The lowest BCUT2D eigenvalue weighted by Crippen LogP contribution is -2.05. The van der Waals surface area contributed by atoms with Gasteiger partial charge in [-0.2, -0.15) is 0 Å². The van der Waals surface area contributed by atoms with Gasteiger partial charge in [0.05, 0.1) is 5.52 Å². The number of para-hydroxylation sites is 1. The highest BCUT2D eigenvalue weighted by molar-refractivity contribution is 5.73. The van der Waals surface area contributed by atoms with Gasteiger partial charge in [0, 0.05) is 6.61 Å². The van der Waals surface area contributed by atoms with Crippen molar-refractivity contribution >= 4 is 11.0 Å². The summed E-state index contributed by atoms with van der Waals surface area (Å²) in [6.07, 6.45) is 13.5. The molecule has 0 aliphatic carbocycles. The zero-order chi connectivity index (χ0) is 16.2. The van der Waals surface area contributed by atoms with Gasteiger partial charge in [0.25, 0.3) is 0 Å². The topological polar surface area (TPSA) is 39.9 Å². The highest BCUT2D eigenvalue weighted by atomic mass is 16.5. The Balaban J connectivity index is 1.44. The molecule has 0 atom stereocenters. The molecule has 0 bridgehead atoms. The van der Waals surface area contributed by atoms with Crippen molar-refractivity contribution in [2.45, 2.75) is 77.9 Å². The molecule has 0 saturated heterocycles. The predicted octanol–water partition coefficient (Wildman–Crippen LogP) is 5.33. The molecular formula is C19H31N3O. The molecule has 0 aliphatic rings. The van der Waals surface area contributed by atoms with Crippen molar-refractivity contribution in [3.63, 3.8) is 0 Å². The number of hydrogen-bond acceptors (Lipinski definition) is 3. The number of rotatable bonds is 13. The Hall–Kier alpha value is -1.42. The summed E-state index contributed by atoms with van der Waals surface area (Å²) >= 11 is 0. The third-order valence-corrected chi connectivity index (χ3v) is 4.28. The maximum absolute atomic E-state index is 5.72. The van der Waals surface area contributed by atoms with Crippen LogP contribution in [0, 0.1) is 0 Å². The molecule has 0 aliphatic heterocycles. The van der Waals surface area contributed by atoms with Crippen molar-refractivity contribution in [3.05, 3.63) is 24.3 Å². The molecule has 1 aromatic heterocycles. The Bertz CT molecular complexity index is 538. The Morgan fingerprint density at radius 2 is 1.52 bits per heavy atom. The molecule has 0 N–H and O–H groups in total. The Labute approximate surface area is 140 Å². The first kappa shape index (κ1) is 17.9. The molecule has 1 aromatic carbocycles. The quantitative estimate of drug-likeness (QED) is 0.469. The second kappa shape index (κ2) is 11.2. The van der Waals surface area contributed by atoms with E-state index in [0.29, 0.717) is 6.73 Å². The number of ether oxygens (including phenoxy) is 1. The molecule has 0 spiro atoms. The summed E-state index contributed by atoms with van der Waals surface area (Å²) in [5, 5.41) is 8.25. The van der Waals surface area contributed by atoms with Crippen LogP contribution in [-0.2, 0) is 11.5 Å². The molecule has 0 radical (unpaired) electrons. The van der Waals surface area contributed by atoms with E-state index in [-0.39, 0.29) is 0 Å². The van der Waals surface area contributed by atoms with Gasteiger partial charge in [-0.15, -0.1) is 5.10 Å². The van der Waals surface area contributed by atoms with E-state index in [4.69, 9.17) is 4.74 Å². The minimum Gasteiger partial charge on any atom is -0.359 e. The maximum atomic E-state index is 5.72. The molecular weight excluding hydrogens is 286 g/mol. The average Bonchev–Trinajstić information content (AvgIpc) is 2.99. The number of hydrogen-bond donors (Lipinski definition) is 0. The Morgan fingerprint density at radius 3 is 2.26 bits per heavy atom. The minimum atomic E-state index is 0.498. The van der Waals surface area contributed by atoms with Crippen LogP contribution in [0.2, 0.25) is 0 Å². The van der Waals surface area contributed by atoms with Gasteiger partial charge in [-0.1, -0.05) is 82.1 Å². The molecule has 0 fully saturated rings. The zero-order valence-corrected chi connectivity index (χ0v) is 14.5. The standard InChI is InChI=1S/C19H31N3O/c1-2-3-4-5-6-7-8-9-10-13-16-23-17-22-19-15-12-11-14-18(19)20-21-22/h11-12,14-15H,2-10,13,16-17H2,1H3. The predicted molar refractivity (Wildman–Crippen MR) is 95.3 cm³/mol. The molecule has 4 heteroatoms. The Kier molecular flexibility index (Phi) is 8.70. The summed E-state index contributed by atoms with van der Waals surface area (Å²) in [5.74, 6) is 0. The third kappa shape index (κ3) is 6.69. The fourth-order valence-corrected chi connectivity index (χ4v) is 2.86. The van der Waals surface area contributed by atoms with Gasteiger partial charge >= 0.3 is 0 Å². The van der Waals surface area contributed by atoms with Crippen LogP contribution < -0.4 is 0 Å². The number of aromatic nitrogens is 3. The molecule has 2 aromatic rings. The van der Waals surface area contributed by atoms with Crippen molar-refractivity contribution in [1.82, 2.24) is 15.0 Å². The number of nitrogens with zero attached hydrogens (tertiary/aromatic N) is 3. The third-order valence-electron chi connectivity index (χ3n) is 4.28. The van der Waals surface area contributed by atoms with Crippen molar-refractivity contribution in [1.29, 1.82) is 0 Å². The van der Waals surface area contributed by atoms with E-state index in [0.717, 1.165) is 24.1 Å². The first-order chi connectivity index (χ1) is 11.4. The number of unbranched alkanes of at least 4 members (excludes halogenated alkanes) is 9. The van der Waals surface area contributed by atoms with Crippen LogP contribution in [0.5, 0.6) is 0 Å². The minimum absolute atomic E-state index is 0.498. The van der Waals surface area contributed by atoms with Gasteiger partial charge < -0.3 is 4.74 Å². The molecule has 0 unspecified atom stereocenters. The van der Waals surface area contributed by atoms with Crippen molar-refractivity contribution in [2.24, 2.45) is 0 Å². The van der Waals surface area contributed by atoms with E-state index in [1.165, 1.54) is 57.8 Å². The van der Waals surface area contributed by atoms with Crippen LogP contribution in [0.15, 0.2) is 24.3 Å². The fourth-order valence-electron chi connectivity index (χ4n) is 2.86. The summed E-state index contributed by atoms with van der Waals surface area (Å²) in [6.45, 7) is 3.58. The summed E-state index contributed by atoms with van der Waals surface area (Å²) in [7, 11) is 0. The first-order valence-electron chi connectivity index (χ1n) is 9.28. The van der Waals surface area contributed by atoms with Crippen LogP contribution >= 0.6 is 0 Å². The lowest BCUT2D eigenvalue weighted by Gasteiger charge is -2.05. The van der Waals surface area contributed by atoms with E-state index in [2.05, 4.69) is 17.2 Å². The highest BCUT2D eigenvalue weighted by Crippen LogP contribution is 2.11. The summed E-state index contributed by atoms with van der Waals surface area (Å²) in [4.78, 5) is 0. The number of fused-ring (bicyclic) bond motifs is 1. The number of benzene rings is 1. The van der Waals surface area contributed by atoms with Crippen LogP contribution in [0.3, 0.4) is 0 Å². The van der Waals surface area contributed by atoms with Crippen LogP contribution in [0.25, 0.3) is 11.0 Å². The second-order valence-corrected chi connectivity index (χ2v) is 6.30. The Morgan fingerprint density at radius 1 is 0.870 bits per heavy atom. The smallest absolute Gasteiger partial charge is 0.141 e. The second-order valence-electron chi connectivity index (χ2n) is 6.30. The highest BCUT2D eigenvalue weighted by Gasteiger charge is 2.02.